The van der Waals surface area contributed by atoms with Gasteiger partial charge in [-0.15, -0.1) is 0 Å². The van der Waals surface area contributed by atoms with E-state index >= 15 is 0 Å². The maximum atomic E-state index is 13.6. The summed E-state index contributed by atoms with van der Waals surface area (Å²) in [4.78, 5) is 25.8. The molecule has 1 fully saturated rings. The van der Waals surface area contributed by atoms with Crippen LogP contribution < -0.4 is 5.73 Å². The third-order valence-corrected chi connectivity index (χ3v) is 4.86. The highest BCUT2D eigenvalue weighted by molar-refractivity contribution is 5.89. The fourth-order valence-electron chi connectivity index (χ4n) is 3.28. The number of carbonyl (C=O) groups is 1. The molecule has 1 aliphatic rings. The van der Waals surface area contributed by atoms with Crippen LogP contribution in [0.4, 0.5) is 14.6 Å². The zero-order chi connectivity index (χ0) is 20.5. The van der Waals surface area contributed by atoms with Gasteiger partial charge in [0, 0.05) is 30.3 Å². The molecule has 1 aromatic carbocycles. The molecular weight excluding hydrogens is 376 g/mol. The van der Waals surface area contributed by atoms with Crippen LogP contribution in [0.5, 0.6) is 0 Å². The normalized spacial score (nSPS) is 16.3. The van der Waals surface area contributed by atoms with E-state index in [0.717, 1.165) is 6.33 Å². The summed E-state index contributed by atoms with van der Waals surface area (Å²) in [5.74, 6) is 5.76. The summed E-state index contributed by atoms with van der Waals surface area (Å²) in [6, 6.07) is 8.37. The van der Waals surface area contributed by atoms with E-state index in [4.69, 9.17) is 5.73 Å². The van der Waals surface area contributed by atoms with E-state index in [9.17, 15) is 13.6 Å². The highest BCUT2D eigenvalue weighted by atomic mass is 19.3. The monoisotopic (exact) mass is 393 g/mol. The van der Waals surface area contributed by atoms with E-state index in [1.807, 2.05) is 0 Å². The molecule has 3 aromatic rings. The molecule has 2 N–H and O–H groups in total. The Morgan fingerprint density at radius 2 is 2.07 bits per heavy atom. The Labute approximate surface area is 165 Å². The molecule has 3 heterocycles. The molecular formula is C21H17F2N5O. The van der Waals surface area contributed by atoms with Gasteiger partial charge in [0.2, 0.25) is 5.91 Å². The first-order valence-corrected chi connectivity index (χ1v) is 9.00. The van der Waals surface area contributed by atoms with Gasteiger partial charge < -0.3 is 10.6 Å². The first-order chi connectivity index (χ1) is 13.9. The Balaban J connectivity index is 1.75. The zero-order valence-electron chi connectivity index (χ0n) is 15.6. The minimum atomic E-state index is -2.73. The van der Waals surface area contributed by atoms with E-state index in [1.165, 1.54) is 6.07 Å². The lowest BCUT2D eigenvalue weighted by atomic mass is 10.0. The molecule has 0 bridgehead atoms. The van der Waals surface area contributed by atoms with Crippen LogP contribution in [0.1, 0.15) is 24.0 Å². The van der Waals surface area contributed by atoms with Gasteiger partial charge in [0.05, 0.1) is 5.69 Å². The molecule has 0 unspecified atom stereocenters. The Hall–Kier alpha value is -3.60. The zero-order valence-corrected chi connectivity index (χ0v) is 15.6. The molecule has 146 valence electrons. The molecule has 0 aliphatic carbocycles. The van der Waals surface area contributed by atoms with Crippen molar-refractivity contribution in [2.75, 3.05) is 19.3 Å². The quantitative estimate of drug-likeness (QED) is 0.677. The fraction of sp³-hybridized carbons (Fsp3) is 0.238. The third-order valence-electron chi connectivity index (χ3n) is 4.86. The molecule has 0 saturated carbocycles. The minimum absolute atomic E-state index is 0.0156. The number of likely N-dealkylation sites (tertiary alicyclic amines) is 1. The Kier molecular flexibility index (Phi) is 4.80. The molecule has 4 rings (SSSR count). The number of nitrogens with zero attached hydrogens (tertiary/aromatic N) is 4. The molecule has 8 heteroatoms. The van der Waals surface area contributed by atoms with Gasteiger partial charge in [0.15, 0.2) is 5.82 Å². The van der Waals surface area contributed by atoms with Crippen molar-refractivity contribution >= 4 is 22.8 Å². The maximum Gasteiger partial charge on any atom is 0.266 e. The number of halogens is 2. The number of pyridine rings is 1. The smallest absolute Gasteiger partial charge is 0.266 e. The van der Waals surface area contributed by atoms with Crippen molar-refractivity contribution < 1.29 is 13.6 Å². The lowest BCUT2D eigenvalue weighted by molar-refractivity contribution is -0.128. The van der Waals surface area contributed by atoms with Crippen LogP contribution in [0, 0.1) is 17.8 Å². The number of carbonyl (C=O) groups excluding carboxylic acids is 1. The van der Waals surface area contributed by atoms with Gasteiger partial charge in [0.1, 0.15) is 23.3 Å². The maximum absolute atomic E-state index is 13.6. The number of amides is 1. The Morgan fingerprint density at radius 3 is 2.79 bits per heavy atom. The van der Waals surface area contributed by atoms with Crippen molar-refractivity contribution in [2.24, 2.45) is 5.92 Å². The summed E-state index contributed by atoms with van der Waals surface area (Å²) in [5, 5.41) is 0. The molecule has 1 saturated heterocycles. The number of benzene rings is 1. The number of aromatic nitrogens is 3. The first-order valence-electron chi connectivity index (χ1n) is 9.00. The predicted molar refractivity (Wildman–Crippen MR) is 105 cm³/mol. The summed E-state index contributed by atoms with van der Waals surface area (Å²) in [7, 11) is 1.76. The predicted octanol–water partition coefficient (Wildman–Crippen LogP) is 3.04. The van der Waals surface area contributed by atoms with Crippen LogP contribution >= 0.6 is 0 Å². The number of fused-ring (bicyclic) bond motifs is 1. The van der Waals surface area contributed by atoms with Crippen LogP contribution in [0.3, 0.4) is 0 Å². The van der Waals surface area contributed by atoms with Crippen LogP contribution in [-0.4, -0.2) is 39.4 Å². The second-order valence-electron chi connectivity index (χ2n) is 6.80. The largest absolute Gasteiger partial charge is 0.382 e. The number of hydrogen-bond donors (Lipinski definition) is 1. The van der Waals surface area contributed by atoms with Crippen molar-refractivity contribution in [1.29, 1.82) is 0 Å². The van der Waals surface area contributed by atoms with E-state index in [1.54, 1.807) is 36.2 Å². The average molecular weight is 393 g/mol. The molecule has 0 radical (unpaired) electrons. The van der Waals surface area contributed by atoms with Crippen molar-refractivity contribution in [1.82, 2.24) is 19.9 Å². The average Bonchev–Trinajstić information content (AvgIpc) is 3.04. The van der Waals surface area contributed by atoms with Crippen LogP contribution in [0.2, 0.25) is 0 Å². The van der Waals surface area contributed by atoms with Crippen molar-refractivity contribution in [2.45, 2.75) is 12.8 Å². The van der Waals surface area contributed by atoms with E-state index < -0.39 is 6.43 Å². The number of nitrogen functional groups attached to an aromatic ring is 1. The summed E-state index contributed by atoms with van der Waals surface area (Å²) in [5.41, 5.74) is 7.35. The molecule has 0 spiro atoms. The van der Waals surface area contributed by atoms with Crippen LogP contribution in [0.25, 0.3) is 22.3 Å². The summed E-state index contributed by atoms with van der Waals surface area (Å²) in [6.07, 6.45) is -0.893. The third kappa shape index (κ3) is 3.59. The summed E-state index contributed by atoms with van der Waals surface area (Å²) in [6.45, 7) is 0.694. The van der Waals surface area contributed by atoms with Gasteiger partial charge in [-0.05, 0) is 24.6 Å². The van der Waals surface area contributed by atoms with Crippen LogP contribution in [-0.2, 0) is 4.79 Å². The van der Waals surface area contributed by atoms with Gasteiger partial charge in [-0.3, -0.25) is 4.79 Å². The SMILES string of the molecule is CN1CC[C@H](C#Cc2cccc(-c3cc(C(F)F)c4ncnc(N)c4n3)c2)C1=O. The minimum Gasteiger partial charge on any atom is -0.382 e. The number of nitrogens with two attached hydrogens (primary N) is 1. The second kappa shape index (κ2) is 7.43. The molecule has 1 atom stereocenters. The van der Waals surface area contributed by atoms with E-state index in [0.29, 0.717) is 29.8 Å². The topological polar surface area (TPSA) is 85.0 Å². The summed E-state index contributed by atoms with van der Waals surface area (Å²) >= 11 is 0. The highest BCUT2D eigenvalue weighted by Crippen LogP contribution is 2.31. The van der Waals surface area contributed by atoms with Gasteiger partial charge in [-0.2, -0.15) is 0 Å². The molecule has 6 nitrogen and oxygen atoms in total. The lowest BCUT2D eigenvalue weighted by Crippen LogP contribution is -2.21. The molecule has 2 aromatic heterocycles. The van der Waals surface area contributed by atoms with Gasteiger partial charge in [0.25, 0.3) is 6.43 Å². The Morgan fingerprint density at radius 1 is 1.24 bits per heavy atom. The molecule has 29 heavy (non-hydrogen) atoms. The van der Waals surface area contributed by atoms with Crippen LogP contribution in [0.15, 0.2) is 36.7 Å². The van der Waals surface area contributed by atoms with Gasteiger partial charge in [-0.25, -0.2) is 23.7 Å². The van der Waals surface area contributed by atoms with Gasteiger partial charge in [-0.1, -0.05) is 24.0 Å². The summed E-state index contributed by atoms with van der Waals surface area (Å²) < 4.78 is 27.2. The van der Waals surface area contributed by atoms with Gasteiger partial charge >= 0.3 is 0 Å². The van der Waals surface area contributed by atoms with Crippen molar-refractivity contribution in [3.63, 3.8) is 0 Å². The lowest BCUT2D eigenvalue weighted by Gasteiger charge is -2.09. The Bertz CT molecular complexity index is 1170. The number of rotatable bonds is 2. The number of hydrogen-bond acceptors (Lipinski definition) is 5. The highest BCUT2D eigenvalue weighted by Gasteiger charge is 2.27. The van der Waals surface area contributed by atoms with E-state index in [-0.39, 0.29) is 34.2 Å². The number of anilines is 1. The fourth-order valence-corrected chi connectivity index (χ4v) is 3.28. The van der Waals surface area contributed by atoms with E-state index in [2.05, 4.69) is 26.8 Å². The first kappa shape index (κ1) is 18.7. The second-order valence-corrected chi connectivity index (χ2v) is 6.80. The molecule has 1 aliphatic heterocycles. The standard InChI is InChI=1S/C21H17F2N5O/c1-28-8-7-13(21(28)29)6-5-12-3-2-4-14(9-12)16-10-15(19(22)23)17-18(27-16)20(24)26-11-25-17/h2-4,9-11,13,19H,7-8H2,1H3,(H2,24,25,26)/t13-/m0/s1. The number of alkyl halides is 2. The molecule has 1 amide bonds. The van der Waals surface area contributed by atoms with Crippen molar-refractivity contribution in [3.8, 4) is 23.1 Å². The van der Waals surface area contributed by atoms with Crippen molar-refractivity contribution in [3.05, 3.63) is 47.8 Å².